The Morgan fingerprint density at radius 2 is 2.06 bits per heavy atom. The number of carbonyl (C=O) groups excluding carboxylic acids is 1. The molecule has 94 valence electrons. The molecule has 0 amide bonds. The molecule has 2 aromatic heterocycles. The van der Waals surface area contributed by atoms with Gasteiger partial charge in [-0.15, -0.1) is 22.7 Å². The van der Waals surface area contributed by atoms with Crippen LogP contribution in [0, 0.1) is 0 Å². The van der Waals surface area contributed by atoms with Crippen LogP contribution in [0.1, 0.15) is 27.7 Å². The van der Waals surface area contributed by atoms with Crippen LogP contribution in [0.2, 0.25) is 0 Å². The van der Waals surface area contributed by atoms with Crippen molar-refractivity contribution in [3.63, 3.8) is 0 Å². The van der Waals surface area contributed by atoms with Crippen LogP contribution < -0.4 is 4.72 Å². The van der Waals surface area contributed by atoms with Gasteiger partial charge in [-0.25, -0.2) is 13.1 Å². The molecule has 0 aliphatic heterocycles. The van der Waals surface area contributed by atoms with Gasteiger partial charge in [0.1, 0.15) is 4.21 Å². The number of thiophene rings is 2. The van der Waals surface area contributed by atoms with Gasteiger partial charge in [0.15, 0.2) is 5.78 Å². The Bertz CT molecular complexity index is 685. The van der Waals surface area contributed by atoms with Crippen LogP contribution in [0.4, 0.5) is 0 Å². The van der Waals surface area contributed by atoms with E-state index in [1.807, 2.05) is 11.4 Å². The molecule has 1 aliphatic rings. The van der Waals surface area contributed by atoms with Crippen LogP contribution in [0.25, 0.3) is 0 Å². The van der Waals surface area contributed by atoms with Crippen molar-refractivity contribution in [3.05, 3.63) is 39.4 Å². The van der Waals surface area contributed by atoms with E-state index < -0.39 is 16.1 Å². The van der Waals surface area contributed by atoms with E-state index in [0.717, 1.165) is 16.9 Å². The van der Waals surface area contributed by atoms with Crippen molar-refractivity contribution in [2.45, 2.75) is 16.7 Å². The molecule has 4 nitrogen and oxygen atoms in total. The Morgan fingerprint density at radius 3 is 2.78 bits per heavy atom. The van der Waals surface area contributed by atoms with Crippen molar-refractivity contribution in [1.82, 2.24) is 4.72 Å². The highest BCUT2D eigenvalue weighted by Crippen LogP contribution is 2.35. The zero-order chi connectivity index (χ0) is 12.8. The maximum Gasteiger partial charge on any atom is 0.250 e. The molecular formula is C11H9NO3S3. The fourth-order valence-electron chi connectivity index (χ4n) is 1.98. The molecule has 7 heteroatoms. The topological polar surface area (TPSA) is 63.2 Å². The molecule has 2 aromatic rings. The smallest absolute Gasteiger partial charge is 0.250 e. The van der Waals surface area contributed by atoms with Crippen molar-refractivity contribution in [2.75, 3.05) is 0 Å². The number of rotatable bonds is 3. The van der Waals surface area contributed by atoms with E-state index in [1.165, 1.54) is 11.3 Å². The van der Waals surface area contributed by atoms with E-state index >= 15 is 0 Å². The normalized spacial score (nSPS) is 19.1. The Balaban J connectivity index is 1.90. The van der Waals surface area contributed by atoms with Gasteiger partial charge in [-0.2, -0.15) is 0 Å². The van der Waals surface area contributed by atoms with Crippen LogP contribution in [-0.2, 0) is 10.0 Å². The number of Topliss-reactive ketones (excluding diaryl/α,β-unsaturated/α-hetero) is 1. The quantitative estimate of drug-likeness (QED) is 0.946. The van der Waals surface area contributed by atoms with Gasteiger partial charge in [0.05, 0.1) is 10.9 Å². The van der Waals surface area contributed by atoms with Crippen LogP contribution in [0.3, 0.4) is 0 Å². The molecule has 0 unspecified atom stereocenters. The molecular weight excluding hydrogens is 290 g/mol. The predicted molar refractivity (Wildman–Crippen MR) is 70.6 cm³/mol. The monoisotopic (exact) mass is 299 g/mol. The van der Waals surface area contributed by atoms with Gasteiger partial charge in [0.25, 0.3) is 10.0 Å². The average molecular weight is 299 g/mol. The highest BCUT2D eigenvalue weighted by Gasteiger charge is 2.33. The molecule has 1 aliphatic carbocycles. The molecule has 0 radical (unpaired) electrons. The van der Waals surface area contributed by atoms with Crippen LogP contribution in [0.5, 0.6) is 0 Å². The highest BCUT2D eigenvalue weighted by molar-refractivity contribution is 7.91. The fourth-order valence-corrected chi connectivity index (χ4v) is 5.11. The minimum atomic E-state index is -3.52. The average Bonchev–Trinajstić information content (AvgIpc) is 3.01. The van der Waals surface area contributed by atoms with E-state index in [1.54, 1.807) is 17.5 Å². The Labute approximate surface area is 112 Å². The first-order valence-electron chi connectivity index (χ1n) is 5.24. The van der Waals surface area contributed by atoms with E-state index in [-0.39, 0.29) is 16.4 Å². The van der Waals surface area contributed by atoms with E-state index in [2.05, 4.69) is 4.72 Å². The highest BCUT2D eigenvalue weighted by atomic mass is 32.2. The van der Waals surface area contributed by atoms with Crippen molar-refractivity contribution in [2.24, 2.45) is 0 Å². The molecule has 0 aromatic carbocycles. The first-order chi connectivity index (χ1) is 8.58. The molecule has 0 fully saturated rings. The van der Waals surface area contributed by atoms with E-state index in [0.29, 0.717) is 4.88 Å². The largest absolute Gasteiger partial charge is 0.293 e. The minimum absolute atomic E-state index is 0.0129. The summed E-state index contributed by atoms with van der Waals surface area (Å²) in [7, 11) is -3.52. The van der Waals surface area contributed by atoms with Crippen molar-refractivity contribution in [3.8, 4) is 0 Å². The van der Waals surface area contributed by atoms with E-state index in [4.69, 9.17) is 0 Å². The summed E-state index contributed by atoms with van der Waals surface area (Å²) in [6.45, 7) is 0. The van der Waals surface area contributed by atoms with Gasteiger partial charge in [-0.1, -0.05) is 6.07 Å². The van der Waals surface area contributed by atoms with Crippen LogP contribution in [0.15, 0.2) is 33.2 Å². The summed E-state index contributed by atoms with van der Waals surface area (Å²) in [6, 6.07) is 4.63. The molecule has 0 spiro atoms. The third kappa shape index (κ3) is 1.93. The van der Waals surface area contributed by atoms with Gasteiger partial charge in [-0.05, 0) is 28.5 Å². The molecule has 1 N–H and O–H groups in total. The number of carbonyl (C=O) groups is 1. The van der Waals surface area contributed by atoms with Gasteiger partial charge in [-0.3, -0.25) is 4.79 Å². The fraction of sp³-hybridized carbons (Fsp3) is 0.182. The summed E-state index contributed by atoms with van der Waals surface area (Å²) in [5.74, 6) is 0.0129. The standard InChI is InChI=1S/C11H9NO3S3/c13-9-6-8(7-3-5-17-11(7)9)12-18(14,15)10-2-1-4-16-10/h1-5,8,12H,6H2/t8-/m0/s1. The van der Waals surface area contributed by atoms with Crippen LogP contribution in [-0.4, -0.2) is 14.2 Å². The number of hydrogen-bond donors (Lipinski definition) is 1. The second-order valence-corrected chi connectivity index (χ2v) is 7.74. The first-order valence-corrected chi connectivity index (χ1v) is 8.48. The first kappa shape index (κ1) is 12.0. The molecule has 3 rings (SSSR count). The Kier molecular flexibility index (Phi) is 2.86. The summed E-state index contributed by atoms with van der Waals surface area (Å²) >= 11 is 2.53. The molecule has 1 atom stereocenters. The maximum absolute atomic E-state index is 12.1. The lowest BCUT2D eigenvalue weighted by Crippen LogP contribution is -2.26. The van der Waals surface area contributed by atoms with Crippen molar-refractivity contribution in [1.29, 1.82) is 0 Å². The summed E-state index contributed by atoms with van der Waals surface area (Å²) in [4.78, 5) is 12.4. The summed E-state index contributed by atoms with van der Waals surface area (Å²) in [5, 5.41) is 3.53. The second kappa shape index (κ2) is 4.27. The lowest BCUT2D eigenvalue weighted by Gasteiger charge is -2.11. The van der Waals surface area contributed by atoms with Gasteiger partial charge < -0.3 is 0 Å². The second-order valence-electron chi connectivity index (χ2n) is 3.94. The predicted octanol–water partition coefficient (Wildman–Crippen LogP) is 2.42. The lowest BCUT2D eigenvalue weighted by molar-refractivity contribution is 0.0991. The minimum Gasteiger partial charge on any atom is -0.293 e. The Morgan fingerprint density at radius 1 is 1.22 bits per heavy atom. The third-order valence-corrected chi connectivity index (χ3v) is 6.61. The summed E-state index contributed by atoms with van der Waals surface area (Å²) in [5.41, 5.74) is 0.796. The number of nitrogens with one attached hydrogen (secondary N) is 1. The van der Waals surface area contributed by atoms with Gasteiger partial charge in [0, 0.05) is 6.42 Å². The summed E-state index contributed by atoms with van der Waals surface area (Å²) in [6.07, 6.45) is 0.215. The number of hydrogen-bond acceptors (Lipinski definition) is 5. The van der Waals surface area contributed by atoms with E-state index in [9.17, 15) is 13.2 Å². The van der Waals surface area contributed by atoms with Crippen LogP contribution >= 0.6 is 22.7 Å². The van der Waals surface area contributed by atoms with Gasteiger partial charge >= 0.3 is 0 Å². The molecule has 18 heavy (non-hydrogen) atoms. The van der Waals surface area contributed by atoms with Crippen molar-refractivity contribution < 1.29 is 13.2 Å². The third-order valence-electron chi connectivity index (χ3n) is 2.77. The lowest BCUT2D eigenvalue weighted by atomic mass is 10.2. The zero-order valence-electron chi connectivity index (χ0n) is 9.12. The molecule has 0 saturated heterocycles. The van der Waals surface area contributed by atoms with Crippen molar-refractivity contribution >= 4 is 38.5 Å². The molecule has 2 heterocycles. The number of sulfonamides is 1. The SMILES string of the molecule is O=C1C[C@H](NS(=O)(=O)c2cccs2)c2ccsc21. The Hall–Kier alpha value is -1.02. The number of ketones is 1. The zero-order valence-corrected chi connectivity index (χ0v) is 11.6. The van der Waals surface area contributed by atoms with Gasteiger partial charge in [0.2, 0.25) is 0 Å². The maximum atomic E-state index is 12.1. The molecule has 0 bridgehead atoms. The summed E-state index contributed by atoms with van der Waals surface area (Å²) < 4.78 is 27.0. The molecule has 0 saturated carbocycles. The number of fused-ring (bicyclic) bond motifs is 1.